The van der Waals surface area contributed by atoms with Gasteiger partial charge in [-0.1, -0.05) is 23.7 Å². The number of anilines is 1. The van der Waals surface area contributed by atoms with Gasteiger partial charge < -0.3 is 15.4 Å². The predicted molar refractivity (Wildman–Crippen MR) is 88.3 cm³/mol. The fraction of sp³-hybridized carbons (Fsp3) is 0.188. The molecule has 120 valence electrons. The molecule has 2 aromatic rings. The number of nitrogens with zero attached hydrogens (tertiary/aromatic N) is 1. The van der Waals surface area contributed by atoms with Crippen LogP contribution in [0.1, 0.15) is 30.4 Å². The second-order valence-corrected chi connectivity index (χ2v) is 4.86. The number of halogens is 1. The zero-order valence-corrected chi connectivity index (χ0v) is 13.2. The van der Waals surface area contributed by atoms with Crippen LogP contribution in [0, 0.1) is 6.85 Å². The number of pyridine rings is 1. The van der Waals surface area contributed by atoms with Crippen molar-refractivity contribution in [2.75, 3.05) is 19.5 Å². The molecular weight excluding hydrogens is 318 g/mol. The Kier molecular flexibility index (Phi) is 3.98. The fourth-order valence-corrected chi connectivity index (χ4v) is 2.13. The molecule has 0 saturated carbocycles. The maximum Gasteiger partial charge on any atom is 0.259 e. The SMILES string of the molecule is [2H]C([2H])([2H])c1cccc(C(=O)Nc2cc(Cl)ncc2C(=O)NC)c1OC. The number of nitrogens with one attached hydrogen (secondary N) is 2. The van der Waals surface area contributed by atoms with Gasteiger partial charge in [-0.15, -0.1) is 0 Å². The summed E-state index contributed by atoms with van der Waals surface area (Å²) >= 11 is 5.84. The first-order valence-corrected chi connectivity index (χ1v) is 6.93. The van der Waals surface area contributed by atoms with E-state index in [2.05, 4.69) is 15.6 Å². The van der Waals surface area contributed by atoms with Gasteiger partial charge in [-0.25, -0.2) is 4.98 Å². The highest BCUT2D eigenvalue weighted by Gasteiger charge is 2.18. The first kappa shape index (κ1) is 12.9. The Morgan fingerprint density at radius 2 is 2.09 bits per heavy atom. The number of hydrogen-bond donors (Lipinski definition) is 2. The summed E-state index contributed by atoms with van der Waals surface area (Å²) < 4.78 is 27.8. The quantitative estimate of drug-likeness (QED) is 0.841. The second kappa shape index (κ2) is 7.11. The van der Waals surface area contributed by atoms with Crippen molar-refractivity contribution >= 4 is 29.1 Å². The maximum absolute atomic E-state index is 12.7. The Morgan fingerprint density at radius 1 is 1.30 bits per heavy atom. The number of para-hydroxylation sites is 1. The number of carbonyl (C=O) groups is 2. The third kappa shape index (κ3) is 3.60. The molecule has 0 spiro atoms. The van der Waals surface area contributed by atoms with Gasteiger partial charge in [-0.2, -0.15) is 0 Å². The Bertz CT molecular complexity index is 856. The van der Waals surface area contributed by atoms with Gasteiger partial charge in [0.2, 0.25) is 0 Å². The molecule has 0 fully saturated rings. The van der Waals surface area contributed by atoms with Gasteiger partial charge in [-0.05, 0) is 24.5 Å². The summed E-state index contributed by atoms with van der Waals surface area (Å²) in [5, 5.41) is 5.06. The largest absolute Gasteiger partial charge is 0.496 e. The number of hydrogen-bond acceptors (Lipinski definition) is 4. The molecule has 1 heterocycles. The smallest absolute Gasteiger partial charge is 0.259 e. The summed E-state index contributed by atoms with van der Waals surface area (Å²) in [5.41, 5.74) is 0.163. The first-order valence-electron chi connectivity index (χ1n) is 8.05. The first-order chi connectivity index (χ1) is 12.2. The standard InChI is InChI=1S/C16H16ClN3O3/c1-9-5-4-6-10(14(9)23-3)16(22)20-12-7-13(17)19-8-11(12)15(21)18-2/h4-8H,1-3H3,(H,18,21)(H,19,20,22)/i1D3. The predicted octanol–water partition coefficient (Wildman–Crippen LogP) is 2.66. The molecule has 2 rings (SSSR count). The van der Waals surface area contributed by atoms with E-state index in [9.17, 15) is 9.59 Å². The van der Waals surface area contributed by atoms with Crippen LogP contribution in [0.15, 0.2) is 30.5 Å². The van der Waals surface area contributed by atoms with Crippen molar-refractivity contribution < 1.29 is 18.4 Å². The molecule has 23 heavy (non-hydrogen) atoms. The Labute approximate surface area is 143 Å². The van der Waals surface area contributed by atoms with Gasteiger partial charge in [0.25, 0.3) is 11.8 Å². The van der Waals surface area contributed by atoms with E-state index in [1.165, 1.54) is 44.6 Å². The zero-order valence-electron chi connectivity index (χ0n) is 15.4. The van der Waals surface area contributed by atoms with Crippen LogP contribution in [0.4, 0.5) is 5.69 Å². The number of methoxy groups -OCH3 is 1. The molecule has 0 unspecified atom stereocenters. The number of benzene rings is 1. The van der Waals surface area contributed by atoms with Crippen LogP contribution >= 0.6 is 11.6 Å². The van der Waals surface area contributed by atoms with Crippen LogP contribution in [-0.4, -0.2) is 31.0 Å². The molecular formula is C16H16ClN3O3. The normalized spacial score (nSPS) is 12.6. The van der Waals surface area contributed by atoms with Crippen LogP contribution in [0.3, 0.4) is 0 Å². The minimum Gasteiger partial charge on any atom is -0.496 e. The number of amides is 2. The minimum absolute atomic E-state index is 0.0110. The highest BCUT2D eigenvalue weighted by atomic mass is 35.5. The lowest BCUT2D eigenvalue weighted by Crippen LogP contribution is -2.22. The summed E-state index contributed by atoms with van der Waals surface area (Å²) in [7, 11) is 2.71. The summed E-state index contributed by atoms with van der Waals surface area (Å²) in [6, 6.07) is 5.55. The minimum atomic E-state index is -2.45. The van der Waals surface area contributed by atoms with Gasteiger partial charge in [0.05, 0.1) is 23.9 Å². The number of rotatable bonds is 4. The van der Waals surface area contributed by atoms with Crippen molar-refractivity contribution in [2.45, 2.75) is 6.85 Å². The molecule has 0 aliphatic carbocycles. The van der Waals surface area contributed by atoms with E-state index in [1.54, 1.807) is 0 Å². The van der Waals surface area contributed by atoms with Crippen LogP contribution < -0.4 is 15.4 Å². The molecule has 1 aromatic heterocycles. The molecule has 0 atom stereocenters. The van der Waals surface area contributed by atoms with Gasteiger partial charge in [0.15, 0.2) is 0 Å². The molecule has 2 amide bonds. The molecule has 0 aliphatic heterocycles. The van der Waals surface area contributed by atoms with Crippen molar-refractivity contribution in [2.24, 2.45) is 0 Å². The topological polar surface area (TPSA) is 80.3 Å². The van der Waals surface area contributed by atoms with Crippen LogP contribution in [0.2, 0.25) is 5.15 Å². The zero-order chi connectivity index (χ0) is 19.5. The Balaban J connectivity index is 2.47. The molecule has 0 saturated heterocycles. The van der Waals surface area contributed by atoms with E-state index >= 15 is 0 Å². The highest BCUT2D eigenvalue weighted by molar-refractivity contribution is 6.30. The fourth-order valence-electron chi connectivity index (χ4n) is 1.97. The Hall–Kier alpha value is -2.60. The number of aromatic nitrogens is 1. The molecule has 0 radical (unpaired) electrons. The molecule has 2 N–H and O–H groups in total. The van der Waals surface area contributed by atoms with Gasteiger partial charge in [0, 0.05) is 17.4 Å². The third-order valence-electron chi connectivity index (χ3n) is 3.05. The van der Waals surface area contributed by atoms with Crippen molar-refractivity contribution in [3.8, 4) is 5.75 Å². The molecule has 0 aliphatic rings. The average molecular weight is 337 g/mol. The van der Waals surface area contributed by atoms with Crippen LogP contribution in [-0.2, 0) is 0 Å². The van der Waals surface area contributed by atoms with E-state index in [-0.39, 0.29) is 33.3 Å². The van der Waals surface area contributed by atoms with Crippen molar-refractivity contribution in [3.63, 3.8) is 0 Å². The second-order valence-electron chi connectivity index (χ2n) is 4.47. The summed E-state index contributed by atoms with van der Waals surface area (Å²) in [5.74, 6) is -1.18. The lowest BCUT2D eigenvalue weighted by atomic mass is 10.1. The maximum atomic E-state index is 12.7. The number of aryl methyl sites for hydroxylation is 1. The molecule has 7 heteroatoms. The van der Waals surface area contributed by atoms with Crippen LogP contribution in [0.25, 0.3) is 0 Å². The van der Waals surface area contributed by atoms with Gasteiger partial charge >= 0.3 is 0 Å². The number of carbonyl (C=O) groups excluding carboxylic acids is 2. The van der Waals surface area contributed by atoms with E-state index in [0.717, 1.165) is 0 Å². The summed E-state index contributed by atoms with van der Waals surface area (Å²) in [6.45, 7) is -2.45. The van der Waals surface area contributed by atoms with E-state index in [1.807, 2.05) is 0 Å². The number of ether oxygens (including phenoxy) is 1. The van der Waals surface area contributed by atoms with Gasteiger partial charge in [-0.3, -0.25) is 9.59 Å². The average Bonchev–Trinajstić information content (AvgIpc) is 2.59. The van der Waals surface area contributed by atoms with E-state index in [4.69, 9.17) is 20.5 Å². The monoisotopic (exact) mass is 336 g/mol. The Morgan fingerprint density at radius 3 is 2.74 bits per heavy atom. The van der Waals surface area contributed by atoms with E-state index in [0.29, 0.717) is 0 Å². The molecule has 1 aromatic carbocycles. The van der Waals surface area contributed by atoms with Crippen LogP contribution in [0.5, 0.6) is 5.75 Å². The van der Waals surface area contributed by atoms with Crippen molar-refractivity contribution in [1.29, 1.82) is 0 Å². The summed E-state index contributed by atoms with van der Waals surface area (Å²) in [4.78, 5) is 28.4. The van der Waals surface area contributed by atoms with E-state index < -0.39 is 18.7 Å². The lowest BCUT2D eigenvalue weighted by Gasteiger charge is -2.13. The third-order valence-corrected chi connectivity index (χ3v) is 3.26. The highest BCUT2D eigenvalue weighted by Crippen LogP contribution is 2.25. The van der Waals surface area contributed by atoms with Crippen molar-refractivity contribution in [3.05, 3.63) is 52.3 Å². The summed E-state index contributed by atoms with van der Waals surface area (Å²) in [6.07, 6.45) is 1.23. The molecule has 0 bridgehead atoms. The molecule has 6 nitrogen and oxygen atoms in total. The van der Waals surface area contributed by atoms with Crippen molar-refractivity contribution in [1.82, 2.24) is 10.3 Å². The lowest BCUT2D eigenvalue weighted by molar-refractivity contribution is 0.0963. The van der Waals surface area contributed by atoms with Gasteiger partial charge in [0.1, 0.15) is 10.9 Å².